The Balaban J connectivity index is 1.99. The highest BCUT2D eigenvalue weighted by atomic mass is 16.5. The molecule has 0 bridgehead atoms. The minimum Gasteiger partial charge on any atom is -0.381 e. The van der Waals surface area contributed by atoms with Crippen LogP contribution in [0.1, 0.15) is 37.0 Å². The molecule has 0 atom stereocenters. The van der Waals surface area contributed by atoms with Crippen molar-refractivity contribution in [3.05, 3.63) is 23.9 Å². The first-order valence-electron chi connectivity index (χ1n) is 6.73. The van der Waals surface area contributed by atoms with E-state index in [1.165, 1.54) is 0 Å². The molecule has 2 heterocycles. The Morgan fingerprint density at radius 2 is 2.16 bits per heavy atom. The van der Waals surface area contributed by atoms with Gasteiger partial charge in [0.05, 0.1) is 5.56 Å². The molecule has 2 rings (SSSR count). The Labute approximate surface area is 113 Å². The lowest BCUT2D eigenvalue weighted by Gasteiger charge is -2.34. The molecule has 1 aliphatic heterocycles. The van der Waals surface area contributed by atoms with E-state index in [4.69, 9.17) is 4.74 Å². The summed E-state index contributed by atoms with van der Waals surface area (Å²) in [5.41, 5.74) is 0.421. The van der Waals surface area contributed by atoms with E-state index in [0.717, 1.165) is 25.2 Å². The first-order valence-corrected chi connectivity index (χ1v) is 6.73. The van der Waals surface area contributed by atoms with E-state index >= 15 is 0 Å². The largest absolute Gasteiger partial charge is 0.381 e. The molecule has 0 saturated carbocycles. The van der Waals surface area contributed by atoms with Crippen molar-refractivity contribution in [3.63, 3.8) is 0 Å². The molecule has 1 fully saturated rings. The molecule has 1 amide bonds. The summed E-state index contributed by atoms with van der Waals surface area (Å²) < 4.78 is 5.32. The number of carbonyl (C=O) groups excluding carboxylic acids is 1. The predicted molar refractivity (Wildman–Crippen MR) is 74.3 cm³/mol. The minimum absolute atomic E-state index is 0.0695. The number of amides is 1. The van der Waals surface area contributed by atoms with Crippen LogP contribution >= 0.6 is 0 Å². The van der Waals surface area contributed by atoms with Gasteiger partial charge >= 0.3 is 0 Å². The first-order chi connectivity index (χ1) is 9.13. The Morgan fingerprint density at radius 1 is 1.42 bits per heavy atom. The number of pyridine rings is 1. The maximum atomic E-state index is 12.2. The average Bonchev–Trinajstić information content (AvgIpc) is 2.40. The van der Waals surface area contributed by atoms with Crippen LogP contribution in [0.4, 0.5) is 5.82 Å². The predicted octanol–water partition coefficient (Wildman–Crippen LogP) is 1.81. The minimum atomic E-state index is -0.171. The lowest BCUT2D eigenvalue weighted by molar-refractivity contribution is 0.0423. The lowest BCUT2D eigenvalue weighted by Crippen LogP contribution is -2.49. The molecule has 0 aromatic carbocycles. The highest BCUT2D eigenvalue weighted by Crippen LogP contribution is 2.20. The maximum absolute atomic E-state index is 12.2. The number of rotatable bonds is 4. The van der Waals surface area contributed by atoms with Crippen LogP contribution in [0.15, 0.2) is 18.3 Å². The fraction of sp³-hybridized carbons (Fsp3) is 0.571. The van der Waals surface area contributed by atoms with Crippen molar-refractivity contribution < 1.29 is 9.53 Å². The summed E-state index contributed by atoms with van der Waals surface area (Å²) in [4.78, 5) is 16.4. The van der Waals surface area contributed by atoms with E-state index in [1.54, 1.807) is 12.3 Å². The van der Waals surface area contributed by atoms with Crippen molar-refractivity contribution in [1.82, 2.24) is 10.3 Å². The van der Waals surface area contributed by atoms with Crippen molar-refractivity contribution in [1.29, 1.82) is 0 Å². The highest BCUT2D eigenvalue weighted by Gasteiger charge is 2.29. The molecule has 0 unspecified atom stereocenters. The third-order valence-corrected chi connectivity index (χ3v) is 3.40. The van der Waals surface area contributed by atoms with E-state index in [0.29, 0.717) is 18.8 Å². The van der Waals surface area contributed by atoms with Crippen molar-refractivity contribution in [3.8, 4) is 0 Å². The summed E-state index contributed by atoms with van der Waals surface area (Å²) in [6.07, 6.45) is 3.30. The fourth-order valence-corrected chi connectivity index (χ4v) is 2.11. The van der Waals surface area contributed by atoms with Crippen LogP contribution in [0.5, 0.6) is 0 Å². The van der Waals surface area contributed by atoms with Crippen LogP contribution in [0.25, 0.3) is 0 Å². The topological polar surface area (TPSA) is 63.2 Å². The summed E-state index contributed by atoms with van der Waals surface area (Å²) in [7, 11) is 0. The van der Waals surface area contributed by atoms with Gasteiger partial charge in [-0.15, -0.1) is 0 Å². The average molecular weight is 263 g/mol. The van der Waals surface area contributed by atoms with Crippen LogP contribution < -0.4 is 10.6 Å². The summed E-state index contributed by atoms with van der Waals surface area (Å²) in [6, 6.07) is 3.62. The van der Waals surface area contributed by atoms with Gasteiger partial charge in [-0.1, -0.05) is 0 Å². The molecule has 19 heavy (non-hydrogen) atoms. The van der Waals surface area contributed by atoms with Crippen LogP contribution in [-0.2, 0) is 4.74 Å². The van der Waals surface area contributed by atoms with Crippen LogP contribution in [0.3, 0.4) is 0 Å². The van der Waals surface area contributed by atoms with Gasteiger partial charge in [0.2, 0.25) is 0 Å². The number of anilines is 1. The summed E-state index contributed by atoms with van der Waals surface area (Å²) in [6.45, 7) is 6.29. The third kappa shape index (κ3) is 3.67. The summed E-state index contributed by atoms with van der Waals surface area (Å²) in [5, 5.41) is 6.19. The molecule has 1 aromatic heterocycles. The molecule has 1 aromatic rings. The summed E-state index contributed by atoms with van der Waals surface area (Å²) in [5.74, 6) is 0.719. The van der Waals surface area contributed by atoms with Crippen molar-refractivity contribution in [2.75, 3.05) is 25.1 Å². The Morgan fingerprint density at radius 3 is 2.74 bits per heavy atom. The zero-order valence-electron chi connectivity index (χ0n) is 11.5. The summed E-state index contributed by atoms with van der Waals surface area (Å²) >= 11 is 0. The number of hydrogen-bond donors (Lipinski definition) is 2. The highest BCUT2D eigenvalue weighted by molar-refractivity contribution is 5.94. The molecular formula is C14H21N3O2. The number of ether oxygens (including phenoxy) is 1. The van der Waals surface area contributed by atoms with Crippen molar-refractivity contribution >= 4 is 11.7 Å². The normalized spacial score (nSPS) is 17.8. The van der Waals surface area contributed by atoms with Crippen LogP contribution in [0.2, 0.25) is 0 Å². The van der Waals surface area contributed by atoms with Crippen LogP contribution in [-0.4, -0.2) is 36.2 Å². The SMILES string of the molecule is CCNc1ccc(C(=O)NC2(C)CCOCC2)cn1. The second kappa shape index (κ2) is 6.02. The number of nitrogens with zero attached hydrogens (tertiary/aromatic N) is 1. The number of carbonyl (C=O) groups is 1. The van der Waals surface area contributed by atoms with Crippen molar-refractivity contribution in [2.45, 2.75) is 32.2 Å². The second-order valence-electron chi connectivity index (χ2n) is 5.09. The van der Waals surface area contributed by atoms with E-state index in [-0.39, 0.29) is 11.4 Å². The van der Waals surface area contributed by atoms with Gasteiger partial charge in [-0.25, -0.2) is 4.98 Å². The molecule has 0 aliphatic carbocycles. The van der Waals surface area contributed by atoms with Gasteiger partial charge in [-0.2, -0.15) is 0 Å². The standard InChI is InChI=1S/C14H21N3O2/c1-3-15-12-5-4-11(10-16-12)13(18)17-14(2)6-8-19-9-7-14/h4-5,10H,3,6-9H2,1-2H3,(H,15,16)(H,17,18). The van der Waals surface area contributed by atoms with E-state index in [2.05, 4.69) is 22.5 Å². The quantitative estimate of drug-likeness (QED) is 0.869. The molecule has 1 aliphatic rings. The molecule has 0 radical (unpaired) electrons. The van der Waals surface area contributed by atoms with Gasteiger partial charge in [-0.05, 0) is 38.8 Å². The number of hydrogen-bond acceptors (Lipinski definition) is 4. The van der Waals surface area contributed by atoms with Gasteiger partial charge in [0, 0.05) is 31.5 Å². The number of aromatic nitrogens is 1. The second-order valence-corrected chi connectivity index (χ2v) is 5.09. The van der Waals surface area contributed by atoms with Crippen molar-refractivity contribution in [2.24, 2.45) is 0 Å². The molecule has 1 saturated heterocycles. The van der Waals surface area contributed by atoms with Crippen LogP contribution in [0, 0.1) is 0 Å². The maximum Gasteiger partial charge on any atom is 0.253 e. The number of nitrogens with one attached hydrogen (secondary N) is 2. The zero-order chi connectivity index (χ0) is 13.7. The van der Waals surface area contributed by atoms with Gasteiger partial charge in [-0.3, -0.25) is 4.79 Å². The monoisotopic (exact) mass is 263 g/mol. The Kier molecular flexibility index (Phi) is 4.37. The third-order valence-electron chi connectivity index (χ3n) is 3.40. The molecule has 2 N–H and O–H groups in total. The van der Waals surface area contributed by atoms with E-state index < -0.39 is 0 Å². The van der Waals surface area contributed by atoms with Gasteiger partial charge in [0.1, 0.15) is 5.82 Å². The smallest absolute Gasteiger partial charge is 0.253 e. The molecule has 104 valence electrons. The molecule has 0 spiro atoms. The van der Waals surface area contributed by atoms with E-state index in [9.17, 15) is 4.79 Å². The van der Waals surface area contributed by atoms with E-state index in [1.807, 2.05) is 13.0 Å². The lowest BCUT2D eigenvalue weighted by atomic mass is 9.92. The Hall–Kier alpha value is -1.62. The van der Waals surface area contributed by atoms with Gasteiger partial charge in [0.25, 0.3) is 5.91 Å². The van der Waals surface area contributed by atoms with Gasteiger partial charge < -0.3 is 15.4 Å². The van der Waals surface area contributed by atoms with Gasteiger partial charge in [0.15, 0.2) is 0 Å². The zero-order valence-corrected chi connectivity index (χ0v) is 11.5. The molecule has 5 heteroatoms. The molecular weight excluding hydrogens is 242 g/mol. The first kappa shape index (κ1) is 13.8. The Bertz CT molecular complexity index is 425. The fourth-order valence-electron chi connectivity index (χ4n) is 2.11. The molecule has 5 nitrogen and oxygen atoms in total.